The van der Waals surface area contributed by atoms with Crippen molar-refractivity contribution in [3.8, 4) is 0 Å². The number of esters is 1. The van der Waals surface area contributed by atoms with Crippen LogP contribution in [0.4, 0.5) is 0 Å². The predicted molar refractivity (Wildman–Crippen MR) is 75.5 cm³/mol. The molecular weight excluding hydrogens is 296 g/mol. The van der Waals surface area contributed by atoms with Crippen LogP contribution in [0.2, 0.25) is 0 Å². The van der Waals surface area contributed by atoms with E-state index in [1.54, 1.807) is 4.57 Å². The van der Waals surface area contributed by atoms with Gasteiger partial charge < -0.3 is 14.0 Å². The maximum absolute atomic E-state index is 12.1. The number of rotatable bonds is 6. The maximum Gasteiger partial charge on any atom is 0.355 e. The van der Waals surface area contributed by atoms with Crippen LogP contribution in [-0.4, -0.2) is 39.3 Å². The molecule has 7 nitrogen and oxygen atoms in total. The van der Waals surface area contributed by atoms with Crippen molar-refractivity contribution in [1.29, 1.82) is 0 Å². The lowest BCUT2D eigenvalue weighted by molar-refractivity contribution is 0.0374. The molecule has 0 radical (unpaired) electrons. The summed E-state index contributed by atoms with van der Waals surface area (Å²) < 4.78 is 34.6. The van der Waals surface area contributed by atoms with Gasteiger partial charge in [-0.1, -0.05) is 12.8 Å². The zero-order chi connectivity index (χ0) is 15.5. The third kappa shape index (κ3) is 3.84. The molecule has 0 unspecified atom stereocenters. The Hall–Kier alpha value is -1.38. The number of hydrogen-bond donors (Lipinski definition) is 1. The number of ether oxygens (including phenoxy) is 2. The van der Waals surface area contributed by atoms with Crippen molar-refractivity contribution in [3.05, 3.63) is 18.0 Å². The summed E-state index contributed by atoms with van der Waals surface area (Å²) in [5.74, 6) is -0.561. The van der Waals surface area contributed by atoms with Crippen molar-refractivity contribution < 1.29 is 22.7 Å². The maximum atomic E-state index is 12.1. The summed E-state index contributed by atoms with van der Waals surface area (Å²) in [4.78, 5) is 12.0. The first-order valence-corrected chi connectivity index (χ1v) is 8.39. The van der Waals surface area contributed by atoms with Crippen LogP contribution in [0, 0.1) is 0 Å². The SMILES string of the molecule is COCCOC(=O)c1cc(S(N)(=O)=O)cn1C1CCCC1. The van der Waals surface area contributed by atoms with Crippen molar-refractivity contribution in [1.82, 2.24) is 4.57 Å². The van der Waals surface area contributed by atoms with E-state index in [4.69, 9.17) is 14.6 Å². The minimum atomic E-state index is -3.85. The van der Waals surface area contributed by atoms with E-state index < -0.39 is 16.0 Å². The van der Waals surface area contributed by atoms with Crippen molar-refractivity contribution in [2.45, 2.75) is 36.6 Å². The highest BCUT2D eigenvalue weighted by molar-refractivity contribution is 7.89. The minimum Gasteiger partial charge on any atom is -0.459 e. The van der Waals surface area contributed by atoms with Gasteiger partial charge in [0.25, 0.3) is 0 Å². The first kappa shape index (κ1) is 16.0. The highest BCUT2D eigenvalue weighted by Gasteiger charge is 2.26. The number of nitrogens with two attached hydrogens (primary N) is 1. The largest absolute Gasteiger partial charge is 0.459 e. The number of primary sulfonamides is 1. The molecule has 0 amide bonds. The lowest BCUT2D eigenvalue weighted by Gasteiger charge is -2.15. The van der Waals surface area contributed by atoms with Crippen LogP contribution >= 0.6 is 0 Å². The van der Waals surface area contributed by atoms with Gasteiger partial charge in [-0.15, -0.1) is 0 Å². The Balaban J connectivity index is 2.28. The van der Waals surface area contributed by atoms with Crippen LogP contribution in [0.1, 0.15) is 42.2 Å². The average molecular weight is 316 g/mol. The summed E-state index contributed by atoms with van der Waals surface area (Å²) in [5, 5.41) is 5.15. The van der Waals surface area contributed by atoms with Gasteiger partial charge in [0.1, 0.15) is 17.2 Å². The van der Waals surface area contributed by atoms with Gasteiger partial charge in [-0.25, -0.2) is 18.4 Å². The first-order valence-electron chi connectivity index (χ1n) is 6.84. The molecule has 1 aliphatic carbocycles. The fourth-order valence-electron chi connectivity index (χ4n) is 2.55. The number of methoxy groups -OCH3 is 1. The molecule has 1 aliphatic rings. The van der Waals surface area contributed by atoms with Gasteiger partial charge in [0.05, 0.1) is 6.61 Å². The molecule has 0 atom stereocenters. The van der Waals surface area contributed by atoms with Gasteiger partial charge in [-0.05, 0) is 18.9 Å². The van der Waals surface area contributed by atoms with Gasteiger partial charge in [0, 0.05) is 19.3 Å². The van der Waals surface area contributed by atoms with Crippen LogP contribution in [-0.2, 0) is 19.5 Å². The predicted octanol–water partition coefficient (Wildman–Crippen LogP) is 1.05. The molecule has 118 valence electrons. The van der Waals surface area contributed by atoms with E-state index in [1.807, 2.05) is 0 Å². The van der Waals surface area contributed by atoms with Crippen LogP contribution in [0.25, 0.3) is 0 Å². The summed E-state index contributed by atoms with van der Waals surface area (Å²) in [6, 6.07) is 1.40. The molecule has 2 N–H and O–H groups in total. The molecule has 0 saturated heterocycles. The average Bonchev–Trinajstić information content (AvgIpc) is 3.06. The standard InChI is InChI=1S/C13H20N2O5S/c1-19-6-7-20-13(16)12-8-11(21(14,17)18)9-15(12)10-4-2-3-5-10/h8-10H,2-7H2,1H3,(H2,14,17,18). The third-order valence-corrected chi connectivity index (χ3v) is 4.48. The number of carbonyl (C=O) groups is 1. The Labute approximate surface area is 124 Å². The molecule has 0 aliphatic heterocycles. The van der Waals surface area contributed by atoms with E-state index in [0.717, 1.165) is 25.7 Å². The van der Waals surface area contributed by atoms with Crippen molar-refractivity contribution in [2.24, 2.45) is 5.14 Å². The second kappa shape index (κ2) is 6.59. The number of sulfonamides is 1. The molecule has 1 aromatic heterocycles. The molecule has 21 heavy (non-hydrogen) atoms. The lowest BCUT2D eigenvalue weighted by Crippen LogP contribution is -2.16. The van der Waals surface area contributed by atoms with Gasteiger partial charge in [-0.2, -0.15) is 0 Å². The van der Waals surface area contributed by atoms with E-state index in [1.165, 1.54) is 19.4 Å². The fraction of sp³-hybridized carbons (Fsp3) is 0.615. The molecular formula is C13H20N2O5S. The highest BCUT2D eigenvalue weighted by atomic mass is 32.2. The van der Waals surface area contributed by atoms with Gasteiger partial charge in [-0.3, -0.25) is 0 Å². The Morgan fingerprint density at radius 2 is 2.05 bits per heavy atom. The summed E-state index contributed by atoms with van der Waals surface area (Å²) >= 11 is 0. The summed E-state index contributed by atoms with van der Waals surface area (Å²) in [6.07, 6.45) is 5.38. The molecule has 1 aromatic rings. The summed E-state index contributed by atoms with van der Waals surface area (Å²) in [7, 11) is -2.34. The Bertz CT molecular complexity index is 602. The Kier molecular flexibility index (Phi) is 5.02. The highest BCUT2D eigenvalue weighted by Crippen LogP contribution is 2.32. The minimum absolute atomic E-state index is 0.0620. The van der Waals surface area contributed by atoms with Gasteiger partial charge >= 0.3 is 5.97 Å². The molecule has 1 heterocycles. The monoisotopic (exact) mass is 316 g/mol. The second-order valence-electron chi connectivity index (χ2n) is 5.08. The van der Waals surface area contributed by atoms with Crippen LogP contribution in [0.15, 0.2) is 17.2 Å². The Morgan fingerprint density at radius 3 is 2.62 bits per heavy atom. The van der Waals surface area contributed by atoms with Crippen LogP contribution < -0.4 is 5.14 Å². The van der Waals surface area contributed by atoms with E-state index in [9.17, 15) is 13.2 Å². The van der Waals surface area contributed by atoms with E-state index in [-0.39, 0.29) is 29.8 Å². The molecule has 0 aromatic carbocycles. The van der Waals surface area contributed by atoms with Crippen LogP contribution in [0.5, 0.6) is 0 Å². The normalized spacial score (nSPS) is 16.3. The van der Waals surface area contributed by atoms with Crippen LogP contribution in [0.3, 0.4) is 0 Å². The molecule has 8 heteroatoms. The smallest absolute Gasteiger partial charge is 0.355 e. The van der Waals surface area contributed by atoms with E-state index >= 15 is 0 Å². The quantitative estimate of drug-likeness (QED) is 0.624. The third-order valence-electron chi connectivity index (χ3n) is 3.60. The lowest BCUT2D eigenvalue weighted by atomic mass is 10.2. The zero-order valence-corrected chi connectivity index (χ0v) is 12.8. The van der Waals surface area contributed by atoms with Crippen molar-refractivity contribution in [2.75, 3.05) is 20.3 Å². The first-order chi connectivity index (χ1) is 9.93. The van der Waals surface area contributed by atoms with Gasteiger partial charge in [0.15, 0.2) is 0 Å². The molecule has 0 bridgehead atoms. The Morgan fingerprint density at radius 1 is 1.38 bits per heavy atom. The van der Waals surface area contributed by atoms with E-state index in [0.29, 0.717) is 0 Å². The topological polar surface area (TPSA) is 101 Å². The fourth-order valence-corrected chi connectivity index (χ4v) is 3.09. The number of aromatic nitrogens is 1. The van der Waals surface area contributed by atoms with Crippen molar-refractivity contribution in [3.63, 3.8) is 0 Å². The van der Waals surface area contributed by atoms with Gasteiger partial charge in [0.2, 0.25) is 10.0 Å². The summed E-state index contributed by atoms with van der Waals surface area (Å²) in [5.41, 5.74) is 0.224. The molecule has 0 spiro atoms. The number of nitrogens with zero attached hydrogens (tertiary/aromatic N) is 1. The molecule has 1 saturated carbocycles. The van der Waals surface area contributed by atoms with Crippen molar-refractivity contribution >= 4 is 16.0 Å². The number of hydrogen-bond acceptors (Lipinski definition) is 5. The second-order valence-corrected chi connectivity index (χ2v) is 6.64. The molecule has 2 rings (SSSR count). The summed E-state index contributed by atoms with van der Waals surface area (Å²) in [6.45, 7) is 0.411. The number of carbonyl (C=O) groups excluding carboxylic acids is 1. The van der Waals surface area contributed by atoms with E-state index in [2.05, 4.69) is 0 Å². The zero-order valence-electron chi connectivity index (χ0n) is 11.9. The molecule has 1 fully saturated rings.